The summed E-state index contributed by atoms with van der Waals surface area (Å²) in [7, 11) is 0. The Morgan fingerprint density at radius 3 is 2.43 bits per heavy atom. The van der Waals surface area contributed by atoms with Crippen LogP contribution in [0.4, 0.5) is 4.39 Å². The number of carbonyl (C=O) groups is 2. The van der Waals surface area contributed by atoms with Crippen LogP contribution in [0.3, 0.4) is 0 Å². The number of carbonyl (C=O) groups excluding carboxylic acids is 2. The van der Waals surface area contributed by atoms with Gasteiger partial charge in [-0.2, -0.15) is 0 Å². The number of aliphatic hydroxyl groups is 1. The lowest BCUT2D eigenvalue weighted by molar-refractivity contribution is -0.140. The molecule has 2 aromatic carbocycles. The third-order valence-electron chi connectivity index (χ3n) is 6.22. The summed E-state index contributed by atoms with van der Waals surface area (Å²) in [5.74, 6) is -1.80. The molecular formula is C27H31FN2O5. The molecule has 0 aliphatic carbocycles. The summed E-state index contributed by atoms with van der Waals surface area (Å²) < 4.78 is 25.9. The maximum absolute atomic E-state index is 14.9. The Bertz CT molecular complexity index is 1090. The van der Waals surface area contributed by atoms with Gasteiger partial charge in [0.05, 0.1) is 30.9 Å². The van der Waals surface area contributed by atoms with E-state index in [0.717, 1.165) is 19.6 Å². The molecule has 35 heavy (non-hydrogen) atoms. The number of Topliss-reactive ketones (excluding diaryl/α,β-unsaturated/α-hetero) is 1. The molecule has 1 N–H and O–H groups in total. The first-order valence-corrected chi connectivity index (χ1v) is 12.0. The van der Waals surface area contributed by atoms with Crippen molar-refractivity contribution in [3.05, 3.63) is 71.0 Å². The molecule has 2 aromatic rings. The number of rotatable bonds is 8. The zero-order valence-electron chi connectivity index (χ0n) is 20.1. The van der Waals surface area contributed by atoms with E-state index in [9.17, 15) is 19.1 Å². The second kappa shape index (κ2) is 11.0. The van der Waals surface area contributed by atoms with Crippen LogP contribution >= 0.6 is 0 Å². The molecule has 2 heterocycles. The number of benzene rings is 2. The van der Waals surface area contributed by atoms with Gasteiger partial charge in [0, 0.05) is 37.3 Å². The van der Waals surface area contributed by atoms with Crippen molar-refractivity contribution >= 4 is 17.4 Å². The summed E-state index contributed by atoms with van der Waals surface area (Å²) in [5, 5.41) is 11.1. The van der Waals surface area contributed by atoms with Crippen LogP contribution in [0.1, 0.15) is 37.4 Å². The second-order valence-corrected chi connectivity index (χ2v) is 9.01. The molecule has 2 fully saturated rings. The van der Waals surface area contributed by atoms with Gasteiger partial charge in [-0.1, -0.05) is 18.2 Å². The Kier molecular flexibility index (Phi) is 7.83. The number of ketones is 1. The summed E-state index contributed by atoms with van der Waals surface area (Å²) in [5.41, 5.74) is 0.428. The molecular weight excluding hydrogens is 451 g/mol. The van der Waals surface area contributed by atoms with Gasteiger partial charge >= 0.3 is 0 Å². The van der Waals surface area contributed by atoms with Gasteiger partial charge in [0.1, 0.15) is 17.3 Å². The summed E-state index contributed by atoms with van der Waals surface area (Å²) in [6.07, 6.45) is 0.595. The molecule has 0 aromatic heterocycles. The van der Waals surface area contributed by atoms with E-state index < -0.39 is 23.5 Å². The Labute approximate surface area is 204 Å². The molecule has 2 aliphatic heterocycles. The van der Waals surface area contributed by atoms with E-state index in [2.05, 4.69) is 4.90 Å². The van der Waals surface area contributed by atoms with Crippen LogP contribution < -0.4 is 4.74 Å². The predicted molar refractivity (Wildman–Crippen MR) is 129 cm³/mol. The van der Waals surface area contributed by atoms with Crippen LogP contribution in [0.2, 0.25) is 0 Å². The third-order valence-corrected chi connectivity index (χ3v) is 6.22. The highest BCUT2D eigenvalue weighted by atomic mass is 19.1. The van der Waals surface area contributed by atoms with Crippen molar-refractivity contribution in [1.29, 1.82) is 0 Å². The first kappa shape index (κ1) is 24.9. The van der Waals surface area contributed by atoms with Crippen LogP contribution in [-0.4, -0.2) is 72.1 Å². The lowest BCUT2D eigenvalue weighted by atomic mass is 9.95. The number of aliphatic hydroxyl groups excluding tert-OH is 1. The van der Waals surface area contributed by atoms with Crippen LogP contribution in [0.25, 0.3) is 5.76 Å². The van der Waals surface area contributed by atoms with Crippen molar-refractivity contribution < 1.29 is 28.6 Å². The fraction of sp³-hybridized carbons (Fsp3) is 0.407. The van der Waals surface area contributed by atoms with E-state index in [4.69, 9.17) is 9.47 Å². The van der Waals surface area contributed by atoms with Crippen molar-refractivity contribution in [2.24, 2.45) is 0 Å². The number of nitrogens with zero attached hydrogens (tertiary/aromatic N) is 2. The smallest absolute Gasteiger partial charge is 0.295 e. The largest absolute Gasteiger partial charge is 0.507 e. The minimum atomic E-state index is -1.01. The van der Waals surface area contributed by atoms with E-state index in [0.29, 0.717) is 30.9 Å². The fourth-order valence-electron chi connectivity index (χ4n) is 4.54. The van der Waals surface area contributed by atoms with Crippen LogP contribution in [0, 0.1) is 5.82 Å². The fourth-order valence-corrected chi connectivity index (χ4v) is 4.54. The quantitative estimate of drug-likeness (QED) is 0.351. The molecule has 1 amide bonds. The number of hydrogen-bond acceptors (Lipinski definition) is 6. The topological polar surface area (TPSA) is 79.3 Å². The Morgan fingerprint density at radius 2 is 1.77 bits per heavy atom. The average molecular weight is 483 g/mol. The monoisotopic (exact) mass is 482 g/mol. The molecule has 7 nitrogen and oxygen atoms in total. The number of amides is 1. The number of likely N-dealkylation sites (tertiary alicyclic amines) is 1. The number of ether oxygens (including phenoxy) is 2. The van der Waals surface area contributed by atoms with E-state index in [1.165, 1.54) is 11.0 Å². The first-order valence-electron chi connectivity index (χ1n) is 12.0. The summed E-state index contributed by atoms with van der Waals surface area (Å²) >= 11 is 0. The minimum Gasteiger partial charge on any atom is -0.507 e. The zero-order valence-corrected chi connectivity index (χ0v) is 20.1. The molecule has 2 saturated heterocycles. The second-order valence-electron chi connectivity index (χ2n) is 9.01. The van der Waals surface area contributed by atoms with Gasteiger partial charge in [0.25, 0.3) is 11.7 Å². The summed E-state index contributed by atoms with van der Waals surface area (Å²) in [6.45, 7) is 7.76. The first-order chi connectivity index (χ1) is 16.9. The van der Waals surface area contributed by atoms with Crippen LogP contribution in [0.15, 0.2) is 54.1 Å². The average Bonchev–Trinajstić information content (AvgIpc) is 3.09. The molecule has 0 saturated carbocycles. The van der Waals surface area contributed by atoms with Crippen molar-refractivity contribution in [1.82, 2.24) is 9.80 Å². The zero-order chi connectivity index (χ0) is 24.9. The highest BCUT2D eigenvalue weighted by molar-refractivity contribution is 6.46. The van der Waals surface area contributed by atoms with E-state index in [1.54, 1.807) is 42.5 Å². The molecule has 1 atom stereocenters. The lowest BCUT2D eigenvalue weighted by Crippen LogP contribution is -2.39. The summed E-state index contributed by atoms with van der Waals surface area (Å²) in [6, 6.07) is 11.7. The van der Waals surface area contributed by atoms with Gasteiger partial charge in [-0.15, -0.1) is 0 Å². The van der Waals surface area contributed by atoms with Crippen LogP contribution in [0.5, 0.6) is 5.75 Å². The normalized spacial score (nSPS) is 20.6. The number of halogens is 1. The van der Waals surface area contributed by atoms with Gasteiger partial charge in [-0.3, -0.25) is 14.5 Å². The molecule has 186 valence electrons. The minimum absolute atomic E-state index is 0.0155. The molecule has 0 spiro atoms. The highest BCUT2D eigenvalue weighted by Gasteiger charge is 2.46. The maximum Gasteiger partial charge on any atom is 0.295 e. The lowest BCUT2D eigenvalue weighted by Gasteiger charge is -2.29. The number of hydrogen-bond donors (Lipinski definition) is 1. The van der Waals surface area contributed by atoms with Crippen molar-refractivity contribution in [3.63, 3.8) is 0 Å². The Hall–Kier alpha value is -3.23. The molecule has 2 aliphatic rings. The summed E-state index contributed by atoms with van der Waals surface area (Å²) in [4.78, 5) is 29.8. The van der Waals surface area contributed by atoms with Crippen molar-refractivity contribution in [2.75, 3.05) is 39.4 Å². The van der Waals surface area contributed by atoms with Crippen molar-refractivity contribution in [3.8, 4) is 5.75 Å². The number of morpholine rings is 1. The van der Waals surface area contributed by atoms with Gasteiger partial charge in [0.2, 0.25) is 0 Å². The van der Waals surface area contributed by atoms with Gasteiger partial charge in [-0.25, -0.2) is 4.39 Å². The van der Waals surface area contributed by atoms with E-state index in [1.807, 2.05) is 13.8 Å². The molecule has 0 radical (unpaired) electrons. The van der Waals surface area contributed by atoms with E-state index in [-0.39, 0.29) is 29.5 Å². The molecule has 0 unspecified atom stereocenters. The maximum atomic E-state index is 14.9. The molecule has 4 rings (SSSR count). The predicted octanol–water partition coefficient (Wildman–Crippen LogP) is 3.76. The van der Waals surface area contributed by atoms with Crippen LogP contribution in [-0.2, 0) is 14.3 Å². The SMILES string of the molecule is CC(C)Oc1ccc(C(O)=C2C(=O)C(=O)N(CCCN3CCOCC3)[C@@H]2c2ccccc2F)cc1. The Morgan fingerprint density at radius 1 is 1.09 bits per heavy atom. The Balaban J connectivity index is 1.66. The third kappa shape index (κ3) is 5.55. The standard InChI is InChI=1S/C27H31FN2O5/c1-18(2)35-20-10-8-19(9-11-20)25(31)23-24(21-6-3-4-7-22(21)28)30(27(33)26(23)32)13-5-12-29-14-16-34-17-15-29/h3-4,6-11,18,24,31H,5,12-17H2,1-2H3/t24-/m1/s1. The highest BCUT2D eigenvalue weighted by Crippen LogP contribution is 2.40. The van der Waals surface area contributed by atoms with Crippen molar-refractivity contribution in [2.45, 2.75) is 32.4 Å². The van der Waals surface area contributed by atoms with E-state index >= 15 is 0 Å². The molecule has 0 bridgehead atoms. The van der Waals surface area contributed by atoms with Gasteiger partial charge in [0.15, 0.2) is 0 Å². The van der Waals surface area contributed by atoms with Gasteiger partial charge in [-0.05, 0) is 50.6 Å². The molecule has 8 heteroatoms. The van der Waals surface area contributed by atoms with Gasteiger partial charge < -0.3 is 19.5 Å².